The van der Waals surface area contributed by atoms with Crippen LogP contribution in [-0.4, -0.2) is 37.4 Å². The van der Waals surface area contributed by atoms with Crippen molar-refractivity contribution in [3.63, 3.8) is 0 Å². The highest BCUT2D eigenvalue weighted by Gasteiger charge is 2.31. The minimum Gasteiger partial charge on any atom is -0.482 e. The molecule has 7 heteroatoms. The number of aldehydes is 1. The van der Waals surface area contributed by atoms with Crippen molar-refractivity contribution < 1.29 is 14.6 Å². The van der Waals surface area contributed by atoms with E-state index >= 15 is 0 Å². The number of pyridine rings is 2. The second-order valence-electron chi connectivity index (χ2n) is 9.68. The summed E-state index contributed by atoms with van der Waals surface area (Å²) in [5.74, 6) is 1.24. The van der Waals surface area contributed by atoms with Crippen LogP contribution in [0.3, 0.4) is 0 Å². The molecular weight excluding hydrogens is 416 g/mol. The summed E-state index contributed by atoms with van der Waals surface area (Å²) in [5, 5.41) is 12.1. The Morgan fingerprint density at radius 3 is 2.64 bits per heavy atom. The fourth-order valence-corrected chi connectivity index (χ4v) is 4.40. The number of nitrogens with zero attached hydrogens (tertiary/aromatic N) is 4. The number of imidazole rings is 1. The van der Waals surface area contributed by atoms with E-state index in [1.165, 1.54) is 12.8 Å². The maximum atomic E-state index is 11.4. The Morgan fingerprint density at radius 1 is 1.24 bits per heavy atom. The molecule has 1 N–H and O–H groups in total. The molecule has 1 aliphatic carbocycles. The Morgan fingerprint density at radius 2 is 2.00 bits per heavy atom. The van der Waals surface area contributed by atoms with Gasteiger partial charge in [0, 0.05) is 23.6 Å². The highest BCUT2D eigenvalue weighted by Crippen LogP contribution is 2.38. The number of hydrogen-bond acceptors (Lipinski definition) is 5. The number of carbonyl (C=O) groups is 1. The maximum Gasteiger partial charge on any atom is 0.199 e. The predicted molar refractivity (Wildman–Crippen MR) is 128 cm³/mol. The lowest BCUT2D eigenvalue weighted by atomic mass is 9.89. The number of rotatable bonds is 7. The molecule has 0 spiro atoms. The predicted octanol–water partition coefficient (Wildman–Crippen LogP) is 4.75. The second kappa shape index (κ2) is 7.70. The van der Waals surface area contributed by atoms with Crippen LogP contribution in [0.2, 0.25) is 0 Å². The zero-order valence-electron chi connectivity index (χ0n) is 19.8. The average molecular weight is 447 g/mol. The van der Waals surface area contributed by atoms with E-state index in [0.29, 0.717) is 28.7 Å². The average Bonchev–Trinajstić information content (AvgIpc) is 3.47. The number of hydrogen-bond donors (Lipinski definition) is 1. The van der Waals surface area contributed by atoms with Gasteiger partial charge in [0.1, 0.15) is 28.9 Å². The fourth-order valence-electron chi connectivity index (χ4n) is 4.40. The van der Waals surface area contributed by atoms with E-state index < -0.39 is 5.60 Å². The summed E-state index contributed by atoms with van der Waals surface area (Å²) in [6.45, 7) is 8.70. The van der Waals surface area contributed by atoms with Crippen LogP contribution in [0, 0.1) is 18.8 Å². The molecule has 4 aromatic rings. The van der Waals surface area contributed by atoms with Crippen molar-refractivity contribution in [2.75, 3.05) is 7.11 Å². The minimum atomic E-state index is -1.01. The highest BCUT2D eigenvalue weighted by molar-refractivity contribution is 5.85. The maximum absolute atomic E-state index is 11.4. The van der Waals surface area contributed by atoms with Crippen LogP contribution < -0.4 is 4.74 Å². The van der Waals surface area contributed by atoms with E-state index in [-0.39, 0.29) is 5.92 Å². The first-order valence-electron chi connectivity index (χ1n) is 11.5. The molecule has 172 valence electrons. The molecule has 0 bridgehead atoms. The van der Waals surface area contributed by atoms with Gasteiger partial charge in [-0.3, -0.25) is 9.20 Å². The smallest absolute Gasteiger partial charge is 0.199 e. The summed E-state index contributed by atoms with van der Waals surface area (Å²) in [4.78, 5) is 21.3. The topological polar surface area (TPSA) is 81.7 Å². The molecule has 5 rings (SSSR count). The van der Waals surface area contributed by atoms with Crippen molar-refractivity contribution >= 4 is 23.0 Å². The van der Waals surface area contributed by atoms with Gasteiger partial charge in [-0.05, 0) is 62.8 Å². The molecule has 4 heterocycles. The molecule has 1 aliphatic rings. The minimum absolute atomic E-state index is 0.0360. The molecule has 1 atom stereocenters. The van der Waals surface area contributed by atoms with Crippen LogP contribution >= 0.6 is 0 Å². The van der Waals surface area contributed by atoms with Crippen molar-refractivity contribution in [3.8, 4) is 17.3 Å². The molecule has 0 aliphatic heterocycles. The summed E-state index contributed by atoms with van der Waals surface area (Å²) in [7, 11) is 1.60. The number of aromatic nitrogens is 4. The van der Waals surface area contributed by atoms with E-state index in [1.807, 2.05) is 44.2 Å². The third-order valence-electron chi connectivity index (χ3n) is 7.05. The molecule has 33 heavy (non-hydrogen) atoms. The van der Waals surface area contributed by atoms with E-state index in [2.05, 4.69) is 10.6 Å². The van der Waals surface area contributed by atoms with Gasteiger partial charge in [-0.1, -0.05) is 13.8 Å². The van der Waals surface area contributed by atoms with Crippen LogP contribution in [0.4, 0.5) is 0 Å². The summed E-state index contributed by atoms with van der Waals surface area (Å²) < 4.78 is 9.74. The molecule has 1 saturated carbocycles. The molecule has 1 fully saturated rings. The number of carbonyl (C=O) groups excluding carboxylic acids is 1. The van der Waals surface area contributed by atoms with Gasteiger partial charge >= 0.3 is 0 Å². The van der Waals surface area contributed by atoms with Crippen molar-refractivity contribution in [1.29, 1.82) is 0 Å². The summed E-state index contributed by atoms with van der Waals surface area (Å²) in [6, 6.07) is 9.58. The highest BCUT2D eigenvalue weighted by atomic mass is 16.5. The largest absolute Gasteiger partial charge is 0.482 e. The van der Waals surface area contributed by atoms with Gasteiger partial charge in [0.05, 0.1) is 24.2 Å². The Kier molecular flexibility index (Phi) is 5.05. The van der Waals surface area contributed by atoms with E-state index in [4.69, 9.17) is 14.7 Å². The lowest BCUT2D eigenvalue weighted by Gasteiger charge is -2.27. The van der Waals surface area contributed by atoms with E-state index in [1.54, 1.807) is 19.2 Å². The van der Waals surface area contributed by atoms with Crippen molar-refractivity contribution in [2.45, 2.75) is 52.7 Å². The van der Waals surface area contributed by atoms with Crippen LogP contribution in [0.25, 0.3) is 28.1 Å². The van der Waals surface area contributed by atoms with Gasteiger partial charge in [0.15, 0.2) is 5.88 Å². The standard InChI is InChI=1S/C26H30N4O3/c1-15(2)26(4,32)21-9-8-19-12-20(29(25(19)27-21)13-17-6-7-17)24-16(3)30-22(28-24)10-18(14-31)11-23(30)33-5/h8-12,14-15,17,32H,6-7,13H2,1-5H3. The van der Waals surface area contributed by atoms with Crippen molar-refractivity contribution in [3.05, 3.63) is 47.3 Å². The Hall–Kier alpha value is -3.19. The summed E-state index contributed by atoms with van der Waals surface area (Å²) in [6.07, 6.45) is 3.23. The van der Waals surface area contributed by atoms with Gasteiger partial charge in [-0.25, -0.2) is 9.97 Å². The molecule has 0 amide bonds. The molecule has 0 aromatic carbocycles. The van der Waals surface area contributed by atoms with Gasteiger partial charge in [-0.2, -0.15) is 0 Å². The van der Waals surface area contributed by atoms with Gasteiger partial charge in [0.25, 0.3) is 0 Å². The molecule has 0 saturated heterocycles. The zero-order valence-corrected chi connectivity index (χ0v) is 19.8. The van der Waals surface area contributed by atoms with Crippen molar-refractivity contribution in [2.24, 2.45) is 11.8 Å². The Balaban J connectivity index is 1.75. The third kappa shape index (κ3) is 3.51. The van der Waals surface area contributed by atoms with Crippen LogP contribution in [0.1, 0.15) is 55.4 Å². The number of methoxy groups -OCH3 is 1. The van der Waals surface area contributed by atoms with Crippen LogP contribution in [0.5, 0.6) is 5.88 Å². The number of ether oxygens (including phenoxy) is 1. The number of aryl methyl sites for hydroxylation is 1. The van der Waals surface area contributed by atoms with E-state index in [9.17, 15) is 9.90 Å². The van der Waals surface area contributed by atoms with Crippen molar-refractivity contribution in [1.82, 2.24) is 18.9 Å². The van der Waals surface area contributed by atoms with Gasteiger partial charge < -0.3 is 14.4 Å². The normalized spacial score (nSPS) is 16.0. The first-order valence-corrected chi connectivity index (χ1v) is 11.5. The van der Waals surface area contributed by atoms with E-state index in [0.717, 1.165) is 40.9 Å². The van der Waals surface area contributed by atoms with Crippen LogP contribution in [-0.2, 0) is 12.1 Å². The molecule has 4 aromatic heterocycles. The summed E-state index contributed by atoms with van der Waals surface area (Å²) in [5.41, 5.74) is 4.49. The lowest BCUT2D eigenvalue weighted by molar-refractivity contribution is 0.00511. The lowest BCUT2D eigenvalue weighted by Crippen LogP contribution is -2.29. The fraction of sp³-hybridized carbons (Fsp3) is 0.423. The number of fused-ring (bicyclic) bond motifs is 2. The first-order chi connectivity index (χ1) is 15.7. The molecule has 1 unspecified atom stereocenters. The third-order valence-corrected chi connectivity index (χ3v) is 7.05. The Bertz CT molecular complexity index is 1380. The Labute approximate surface area is 193 Å². The molecule has 0 radical (unpaired) electrons. The second-order valence-corrected chi connectivity index (χ2v) is 9.68. The summed E-state index contributed by atoms with van der Waals surface area (Å²) >= 11 is 0. The first kappa shape index (κ1) is 21.6. The van der Waals surface area contributed by atoms with Gasteiger partial charge in [-0.15, -0.1) is 0 Å². The van der Waals surface area contributed by atoms with Gasteiger partial charge in [0.2, 0.25) is 0 Å². The van der Waals surface area contributed by atoms with Crippen LogP contribution in [0.15, 0.2) is 30.3 Å². The molecular formula is C26H30N4O3. The number of aliphatic hydroxyl groups is 1. The quantitative estimate of drug-likeness (QED) is 0.414. The monoisotopic (exact) mass is 446 g/mol. The zero-order chi connectivity index (χ0) is 23.5. The SMILES string of the molecule is COc1cc(C=O)cc2nc(-c3cc4ccc(C(C)(O)C(C)C)nc4n3CC3CC3)c(C)n12. The molecule has 7 nitrogen and oxygen atoms in total.